The largest absolute Gasteiger partial charge is 0.293 e. The number of nitrogens with one attached hydrogen (secondary N) is 1. The molecule has 7 nitrogen and oxygen atoms in total. The molecule has 0 aliphatic carbocycles. The van der Waals surface area contributed by atoms with Gasteiger partial charge in [-0.3, -0.25) is 14.8 Å². The Morgan fingerprint density at radius 2 is 1.85 bits per heavy atom. The van der Waals surface area contributed by atoms with Gasteiger partial charge in [0.05, 0.1) is 17.3 Å². The summed E-state index contributed by atoms with van der Waals surface area (Å²) in [5.41, 5.74) is 1.47. The lowest BCUT2D eigenvalue weighted by Crippen LogP contribution is -2.16. The van der Waals surface area contributed by atoms with Crippen molar-refractivity contribution in [3.8, 4) is 0 Å². The second-order valence-electron chi connectivity index (χ2n) is 5.59. The molecule has 2 heterocycles. The van der Waals surface area contributed by atoms with E-state index < -0.39 is 0 Å². The van der Waals surface area contributed by atoms with E-state index in [4.69, 9.17) is 34.8 Å². The maximum atomic E-state index is 12.0. The van der Waals surface area contributed by atoms with Gasteiger partial charge >= 0.3 is 0 Å². The Labute approximate surface area is 164 Å². The van der Waals surface area contributed by atoms with Crippen LogP contribution in [-0.4, -0.2) is 30.5 Å². The fourth-order valence-corrected chi connectivity index (χ4v) is 2.95. The van der Waals surface area contributed by atoms with E-state index in [-0.39, 0.29) is 18.3 Å². The number of amides is 1. The van der Waals surface area contributed by atoms with Crippen molar-refractivity contribution in [3.63, 3.8) is 0 Å². The SMILES string of the molecule is Cc1nn(CCC(=O)Nc2ncn(Cc3c(Cl)cccc3Cl)n2)cc1Cl. The van der Waals surface area contributed by atoms with Crippen molar-refractivity contribution in [3.05, 3.63) is 57.0 Å². The van der Waals surface area contributed by atoms with E-state index in [0.29, 0.717) is 28.2 Å². The highest BCUT2D eigenvalue weighted by atomic mass is 35.5. The predicted molar refractivity (Wildman–Crippen MR) is 101 cm³/mol. The van der Waals surface area contributed by atoms with Gasteiger partial charge in [0.15, 0.2) is 0 Å². The Kier molecular flexibility index (Phi) is 5.80. The molecule has 0 unspecified atom stereocenters. The summed E-state index contributed by atoms with van der Waals surface area (Å²) in [6, 6.07) is 5.28. The van der Waals surface area contributed by atoms with Crippen LogP contribution >= 0.6 is 34.8 Å². The summed E-state index contributed by atoms with van der Waals surface area (Å²) in [6.07, 6.45) is 3.42. The summed E-state index contributed by atoms with van der Waals surface area (Å²) in [6.45, 7) is 2.57. The molecule has 1 aromatic carbocycles. The molecule has 0 radical (unpaired) electrons. The standard InChI is InChI=1S/C16H15Cl3N6O/c1-10-14(19)8-24(22-10)6-5-15(26)21-16-20-9-25(23-16)7-11-12(17)3-2-4-13(11)18/h2-4,8-9H,5-7H2,1H3,(H,21,23,26). The maximum Gasteiger partial charge on any atom is 0.248 e. The average Bonchev–Trinajstić information content (AvgIpc) is 3.16. The van der Waals surface area contributed by atoms with Gasteiger partial charge in [-0.15, -0.1) is 5.10 Å². The monoisotopic (exact) mass is 412 g/mol. The third-order valence-electron chi connectivity index (χ3n) is 3.62. The molecule has 0 aliphatic heterocycles. The van der Waals surface area contributed by atoms with E-state index in [1.165, 1.54) is 6.33 Å². The Hall–Kier alpha value is -2.09. The van der Waals surface area contributed by atoms with Crippen molar-refractivity contribution >= 4 is 46.7 Å². The first-order valence-electron chi connectivity index (χ1n) is 7.74. The molecular formula is C16H15Cl3N6O. The first kappa shape index (κ1) is 18.7. The Morgan fingerprint density at radius 3 is 2.50 bits per heavy atom. The molecule has 26 heavy (non-hydrogen) atoms. The lowest BCUT2D eigenvalue weighted by Gasteiger charge is -2.06. The van der Waals surface area contributed by atoms with Crippen LogP contribution in [0, 0.1) is 6.92 Å². The zero-order valence-electron chi connectivity index (χ0n) is 13.8. The number of carbonyl (C=O) groups is 1. The van der Waals surface area contributed by atoms with Gasteiger partial charge < -0.3 is 0 Å². The first-order chi connectivity index (χ1) is 12.4. The molecule has 136 valence electrons. The van der Waals surface area contributed by atoms with Crippen LogP contribution in [0.1, 0.15) is 17.7 Å². The Bertz CT molecular complexity index is 896. The summed E-state index contributed by atoms with van der Waals surface area (Å²) in [4.78, 5) is 16.1. The van der Waals surface area contributed by atoms with Crippen LogP contribution in [0.15, 0.2) is 30.7 Å². The maximum absolute atomic E-state index is 12.0. The molecule has 0 saturated heterocycles. The van der Waals surface area contributed by atoms with E-state index in [1.54, 1.807) is 40.7 Å². The van der Waals surface area contributed by atoms with Crippen molar-refractivity contribution in [2.45, 2.75) is 26.4 Å². The number of aromatic nitrogens is 5. The van der Waals surface area contributed by atoms with Crippen LogP contribution in [-0.2, 0) is 17.9 Å². The number of halogens is 3. The number of aryl methyl sites for hydroxylation is 2. The normalized spacial score (nSPS) is 10.9. The van der Waals surface area contributed by atoms with Crippen molar-refractivity contribution < 1.29 is 4.79 Å². The fourth-order valence-electron chi connectivity index (χ4n) is 2.28. The number of carbonyl (C=O) groups excluding carboxylic acids is 1. The molecule has 1 amide bonds. The smallest absolute Gasteiger partial charge is 0.248 e. The number of hydrogen-bond acceptors (Lipinski definition) is 4. The molecule has 0 bridgehead atoms. The number of benzene rings is 1. The second kappa shape index (κ2) is 8.07. The number of rotatable bonds is 6. The fraction of sp³-hybridized carbons (Fsp3) is 0.250. The molecule has 0 spiro atoms. The Morgan fingerprint density at radius 1 is 1.12 bits per heavy atom. The molecule has 0 atom stereocenters. The average molecular weight is 414 g/mol. The third-order valence-corrected chi connectivity index (χ3v) is 4.70. The minimum Gasteiger partial charge on any atom is -0.293 e. The van der Waals surface area contributed by atoms with Gasteiger partial charge in [0.2, 0.25) is 11.9 Å². The van der Waals surface area contributed by atoms with Crippen LogP contribution < -0.4 is 5.32 Å². The van der Waals surface area contributed by atoms with Crippen molar-refractivity contribution in [2.75, 3.05) is 5.32 Å². The topological polar surface area (TPSA) is 77.6 Å². The van der Waals surface area contributed by atoms with E-state index in [0.717, 1.165) is 11.3 Å². The molecule has 0 aliphatic rings. The highest BCUT2D eigenvalue weighted by Gasteiger charge is 2.11. The van der Waals surface area contributed by atoms with Gasteiger partial charge in [-0.1, -0.05) is 40.9 Å². The summed E-state index contributed by atoms with van der Waals surface area (Å²) in [7, 11) is 0. The third kappa shape index (κ3) is 4.55. The van der Waals surface area contributed by atoms with E-state index in [9.17, 15) is 4.79 Å². The van der Waals surface area contributed by atoms with E-state index >= 15 is 0 Å². The first-order valence-corrected chi connectivity index (χ1v) is 8.87. The van der Waals surface area contributed by atoms with Crippen LogP contribution in [0.4, 0.5) is 5.95 Å². The predicted octanol–water partition coefficient (Wildman–Crippen LogP) is 3.82. The summed E-state index contributed by atoms with van der Waals surface area (Å²) in [5.74, 6) is -0.00402. The van der Waals surface area contributed by atoms with Crippen molar-refractivity contribution in [1.82, 2.24) is 24.5 Å². The van der Waals surface area contributed by atoms with Crippen molar-refractivity contribution in [1.29, 1.82) is 0 Å². The Balaban J connectivity index is 1.57. The number of nitrogens with zero attached hydrogens (tertiary/aromatic N) is 5. The van der Waals surface area contributed by atoms with Crippen LogP contribution in [0.5, 0.6) is 0 Å². The highest BCUT2D eigenvalue weighted by Crippen LogP contribution is 2.24. The van der Waals surface area contributed by atoms with Crippen molar-refractivity contribution in [2.24, 2.45) is 0 Å². The molecule has 1 N–H and O–H groups in total. The summed E-state index contributed by atoms with van der Waals surface area (Å²) < 4.78 is 3.18. The van der Waals surface area contributed by atoms with Crippen LogP contribution in [0.2, 0.25) is 15.1 Å². The van der Waals surface area contributed by atoms with Crippen LogP contribution in [0.3, 0.4) is 0 Å². The van der Waals surface area contributed by atoms with Crippen LogP contribution in [0.25, 0.3) is 0 Å². The lowest BCUT2D eigenvalue weighted by molar-refractivity contribution is -0.116. The highest BCUT2D eigenvalue weighted by molar-refractivity contribution is 6.36. The summed E-state index contributed by atoms with van der Waals surface area (Å²) in [5, 5.41) is 12.7. The molecular weight excluding hydrogens is 399 g/mol. The van der Waals surface area contributed by atoms with E-state index in [2.05, 4.69) is 20.5 Å². The lowest BCUT2D eigenvalue weighted by atomic mass is 10.2. The molecule has 3 aromatic rings. The van der Waals surface area contributed by atoms with Gasteiger partial charge in [0.1, 0.15) is 6.33 Å². The number of hydrogen-bond donors (Lipinski definition) is 1. The minimum atomic E-state index is -0.220. The van der Waals surface area contributed by atoms with E-state index in [1.807, 2.05) is 0 Å². The molecule has 0 saturated carbocycles. The molecule has 10 heteroatoms. The zero-order valence-corrected chi connectivity index (χ0v) is 16.1. The van der Waals surface area contributed by atoms with Gasteiger partial charge in [0, 0.05) is 34.8 Å². The van der Waals surface area contributed by atoms with Gasteiger partial charge in [0.25, 0.3) is 0 Å². The second-order valence-corrected chi connectivity index (χ2v) is 6.81. The molecule has 3 rings (SSSR count). The zero-order chi connectivity index (χ0) is 18.7. The van der Waals surface area contributed by atoms with Gasteiger partial charge in [-0.25, -0.2) is 9.67 Å². The summed E-state index contributed by atoms with van der Waals surface area (Å²) >= 11 is 18.2. The molecule has 0 fully saturated rings. The van der Waals surface area contributed by atoms with Gasteiger partial charge in [-0.2, -0.15) is 5.10 Å². The quantitative estimate of drug-likeness (QED) is 0.666. The molecule has 2 aromatic heterocycles. The minimum absolute atomic E-state index is 0.216. The number of anilines is 1. The van der Waals surface area contributed by atoms with Gasteiger partial charge in [-0.05, 0) is 19.1 Å².